The van der Waals surface area contributed by atoms with Crippen molar-refractivity contribution in [3.63, 3.8) is 0 Å². The van der Waals surface area contributed by atoms with Crippen LogP contribution in [0.5, 0.6) is 11.5 Å². The summed E-state index contributed by atoms with van der Waals surface area (Å²) < 4.78 is 17.2. The second kappa shape index (κ2) is 7.10. The topological polar surface area (TPSA) is 30.9 Å². The van der Waals surface area contributed by atoms with Crippen LogP contribution in [0.4, 0.5) is 0 Å². The minimum atomic E-state index is -0.0701. The van der Waals surface area contributed by atoms with Crippen molar-refractivity contribution in [2.75, 3.05) is 27.3 Å². The number of hydrogen-bond donors (Lipinski definition) is 0. The highest BCUT2D eigenvalue weighted by atomic mass is 16.5. The molecule has 23 heavy (non-hydrogen) atoms. The molecular weight excluding hydrogens is 290 g/mol. The summed E-state index contributed by atoms with van der Waals surface area (Å²) >= 11 is 0. The highest BCUT2D eigenvalue weighted by Gasteiger charge is 2.31. The largest absolute Gasteiger partial charge is 0.496 e. The van der Waals surface area contributed by atoms with Gasteiger partial charge in [-0.05, 0) is 32.8 Å². The van der Waals surface area contributed by atoms with Crippen LogP contribution in [0.25, 0.3) is 0 Å². The molecule has 0 saturated carbocycles. The number of hydrogen-bond acceptors (Lipinski definition) is 4. The van der Waals surface area contributed by atoms with E-state index in [9.17, 15) is 0 Å². The van der Waals surface area contributed by atoms with Gasteiger partial charge < -0.3 is 14.2 Å². The lowest BCUT2D eigenvalue weighted by molar-refractivity contribution is -0.126. The van der Waals surface area contributed by atoms with Gasteiger partial charge in [0.2, 0.25) is 0 Å². The molecule has 1 aromatic carbocycles. The van der Waals surface area contributed by atoms with E-state index in [4.69, 9.17) is 14.2 Å². The lowest BCUT2D eigenvalue weighted by atomic mass is 9.96. The Morgan fingerprint density at radius 2 is 1.78 bits per heavy atom. The Hall–Kier alpha value is -1.26. The van der Waals surface area contributed by atoms with E-state index in [0.717, 1.165) is 36.7 Å². The first-order chi connectivity index (χ1) is 10.7. The fourth-order valence-corrected chi connectivity index (χ4v) is 3.18. The van der Waals surface area contributed by atoms with Gasteiger partial charge in [-0.25, -0.2) is 0 Å². The molecule has 0 N–H and O–H groups in total. The molecule has 0 amide bonds. The van der Waals surface area contributed by atoms with Crippen molar-refractivity contribution >= 4 is 0 Å². The van der Waals surface area contributed by atoms with Gasteiger partial charge in [0.1, 0.15) is 11.5 Å². The summed E-state index contributed by atoms with van der Waals surface area (Å²) in [5.74, 6) is 2.21. The molecule has 1 aliphatic heterocycles. The van der Waals surface area contributed by atoms with Crippen LogP contribution in [0.15, 0.2) is 12.1 Å². The molecule has 1 heterocycles. The third kappa shape index (κ3) is 4.39. The summed E-state index contributed by atoms with van der Waals surface area (Å²) in [5.41, 5.74) is 2.29. The summed E-state index contributed by atoms with van der Waals surface area (Å²) in [6, 6.07) is 4.16. The summed E-state index contributed by atoms with van der Waals surface area (Å²) in [6.07, 6.45) is 0.337. The Balaban J connectivity index is 2.08. The molecule has 0 aliphatic carbocycles. The van der Waals surface area contributed by atoms with Crippen molar-refractivity contribution in [3.05, 3.63) is 23.3 Å². The molecular formula is C19H31NO3. The number of nitrogens with zero attached hydrogens (tertiary/aromatic N) is 1. The van der Waals surface area contributed by atoms with Crippen LogP contribution in [0.1, 0.15) is 51.7 Å². The minimum absolute atomic E-state index is 0.0701. The zero-order valence-corrected chi connectivity index (χ0v) is 15.6. The first-order valence-electron chi connectivity index (χ1n) is 8.39. The molecule has 0 aromatic heterocycles. The molecule has 0 spiro atoms. The maximum Gasteiger partial charge on any atom is 0.130 e. The lowest BCUT2D eigenvalue weighted by Crippen LogP contribution is -2.53. The summed E-state index contributed by atoms with van der Waals surface area (Å²) in [5, 5.41) is 0. The molecule has 0 bridgehead atoms. The van der Waals surface area contributed by atoms with Gasteiger partial charge in [-0.15, -0.1) is 0 Å². The molecule has 4 heteroatoms. The van der Waals surface area contributed by atoms with E-state index in [1.165, 1.54) is 5.56 Å². The molecule has 4 nitrogen and oxygen atoms in total. The van der Waals surface area contributed by atoms with Crippen LogP contribution in [0, 0.1) is 0 Å². The summed E-state index contributed by atoms with van der Waals surface area (Å²) in [7, 11) is 3.45. The predicted octanol–water partition coefficient (Wildman–Crippen LogP) is 3.83. The maximum absolute atomic E-state index is 6.00. The van der Waals surface area contributed by atoms with Crippen molar-refractivity contribution in [3.8, 4) is 11.5 Å². The fraction of sp³-hybridized carbons (Fsp3) is 0.684. The van der Waals surface area contributed by atoms with Crippen molar-refractivity contribution in [1.29, 1.82) is 0 Å². The van der Waals surface area contributed by atoms with Gasteiger partial charge in [-0.3, -0.25) is 4.90 Å². The molecule has 2 rings (SSSR count). The van der Waals surface area contributed by atoms with E-state index in [0.29, 0.717) is 12.0 Å². The summed E-state index contributed by atoms with van der Waals surface area (Å²) in [4.78, 5) is 2.39. The number of ether oxygens (including phenoxy) is 3. The smallest absolute Gasteiger partial charge is 0.130 e. The number of likely N-dealkylation sites (tertiary alicyclic amines) is 1. The zero-order chi connectivity index (χ0) is 17.2. The van der Waals surface area contributed by atoms with Crippen molar-refractivity contribution in [2.45, 2.75) is 58.8 Å². The van der Waals surface area contributed by atoms with Crippen molar-refractivity contribution in [2.24, 2.45) is 0 Å². The molecule has 0 unspecified atom stereocenters. The minimum Gasteiger partial charge on any atom is -0.496 e. The Labute approximate surface area is 140 Å². The highest BCUT2D eigenvalue weighted by Crippen LogP contribution is 2.38. The molecule has 1 aliphatic rings. The average Bonchev–Trinajstić information content (AvgIpc) is 2.42. The third-order valence-electron chi connectivity index (χ3n) is 4.08. The number of rotatable bonds is 6. The van der Waals surface area contributed by atoms with Gasteiger partial charge in [0.05, 0.1) is 25.9 Å². The quantitative estimate of drug-likeness (QED) is 0.797. The van der Waals surface area contributed by atoms with E-state index in [-0.39, 0.29) is 5.60 Å². The van der Waals surface area contributed by atoms with Crippen LogP contribution in [-0.4, -0.2) is 43.9 Å². The van der Waals surface area contributed by atoms with E-state index in [2.05, 4.69) is 51.7 Å². The van der Waals surface area contributed by atoms with Gasteiger partial charge >= 0.3 is 0 Å². The first-order valence-corrected chi connectivity index (χ1v) is 8.39. The van der Waals surface area contributed by atoms with Crippen LogP contribution in [-0.2, 0) is 11.3 Å². The monoisotopic (exact) mass is 321 g/mol. The molecule has 130 valence electrons. The normalized spacial score (nSPS) is 16.5. The Morgan fingerprint density at radius 1 is 1.13 bits per heavy atom. The van der Waals surface area contributed by atoms with Crippen LogP contribution in [0.2, 0.25) is 0 Å². The number of methoxy groups -OCH3 is 2. The molecule has 1 aromatic rings. The van der Waals surface area contributed by atoms with Gasteiger partial charge in [0.15, 0.2) is 0 Å². The molecule has 1 fully saturated rings. The molecule has 0 atom stereocenters. The standard InChI is InChI=1S/C19H31NO3/c1-13(2)17-16(21-6)9-8-14(18(17)22-7)10-20-11-15(12-20)23-19(3,4)5/h8-9,13,15H,10-12H2,1-7H3. The van der Waals surface area contributed by atoms with Gasteiger partial charge in [-0.2, -0.15) is 0 Å². The van der Waals surface area contributed by atoms with E-state index >= 15 is 0 Å². The van der Waals surface area contributed by atoms with Crippen LogP contribution >= 0.6 is 0 Å². The van der Waals surface area contributed by atoms with Gasteiger partial charge in [0, 0.05) is 30.8 Å². The summed E-state index contributed by atoms with van der Waals surface area (Å²) in [6.45, 7) is 13.5. The average molecular weight is 321 g/mol. The highest BCUT2D eigenvalue weighted by molar-refractivity contribution is 5.51. The second-order valence-electron chi connectivity index (χ2n) is 7.57. The van der Waals surface area contributed by atoms with Crippen molar-refractivity contribution < 1.29 is 14.2 Å². The van der Waals surface area contributed by atoms with E-state index in [1.54, 1.807) is 14.2 Å². The van der Waals surface area contributed by atoms with Gasteiger partial charge in [0.25, 0.3) is 0 Å². The Kier molecular flexibility index (Phi) is 5.58. The molecule has 1 saturated heterocycles. The zero-order valence-electron chi connectivity index (χ0n) is 15.6. The number of benzene rings is 1. The second-order valence-corrected chi connectivity index (χ2v) is 7.57. The molecule has 0 radical (unpaired) electrons. The van der Waals surface area contributed by atoms with Crippen LogP contribution in [0.3, 0.4) is 0 Å². The van der Waals surface area contributed by atoms with Crippen LogP contribution < -0.4 is 9.47 Å². The third-order valence-corrected chi connectivity index (χ3v) is 4.08. The Morgan fingerprint density at radius 3 is 2.26 bits per heavy atom. The van der Waals surface area contributed by atoms with E-state index in [1.807, 2.05) is 0 Å². The fourth-order valence-electron chi connectivity index (χ4n) is 3.18. The van der Waals surface area contributed by atoms with Crippen molar-refractivity contribution in [1.82, 2.24) is 4.90 Å². The predicted molar refractivity (Wildman–Crippen MR) is 93.5 cm³/mol. The SMILES string of the molecule is COc1ccc(CN2CC(OC(C)(C)C)C2)c(OC)c1C(C)C. The maximum atomic E-state index is 6.00. The van der Waals surface area contributed by atoms with Gasteiger partial charge in [-0.1, -0.05) is 19.9 Å². The van der Waals surface area contributed by atoms with E-state index < -0.39 is 0 Å². The Bertz CT molecular complexity index is 528. The first kappa shape index (κ1) is 18.1. The lowest BCUT2D eigenvalue weighted by Gasteiger charge is -2.42.